The van der Waals surface area contributed by atoms with E-state index in [1.165, 1.54) is 5.56 Å². The minimum Gasteiger partial charge on any atom is -0.379 e. The number of aromatic nitrogens is 1. The van der Waals surface area contributed by atoms with Crippen molar-refractivity contribution in [2.75, 3.05) is 10.6 Å². The summed E-state index contributed by atoms with van der Waals surface area (Å²) in [6.07, 6.45) is 2.42. The van der Waals surface area contributed by atoms with Crippen molar-refractivity contribution in [2.45, 2.75) is 25.8 Å². The summed E-state index contributed by atoms with van der Waals surface area (Å²) in [7, 11) is 0. The number of anilines is 2. The molecule has 25 heavy (non-hydrogen) atoms. The lowest BCUT2D eigenvalue weighted by molar-refractivity contribution is -0.116. The van der Waals surface area contributed by atoms with Crippen LogP contribution in [0.25, 0.3) is 11.3 Å². The van der Waals surface area contributed by atoms with Gasteiger partial charge in [-0.3, -0.25) is 4.79 Å². The molecular formula is C20H19N3OS. The summed E-state index contributed by atoms with van der Waals surface area (Å²) in [4.78, 5) is 16.3. The molecule has 0 spiro atoms. The number of hydrogen-bond donors (Lipinski definition) is 2. The molecule has 1 amide bonds. The molecule has 1 aromatic heterocycles. The number of benzene rings is 2. The Balaban J connectivity index is 1.44. The lowest BCUT2D eigenvalue weighted by Crippen LogP contribution is -2.09. The van der Waals surface area contributed by atoms with Gasteiger partial charge in [-0.2, -0.15) is 0 Å². The van der Waals surface area contributed by atoms with Crippen LogP contribution >= 0.6 is 11.3 Å². The summed E-state index contributed by atoms with van der Waals surface area (Å²) in [5.41, 5.74) is 5.36. The van der Waals surface area contributed by atoms with Gasteiger partial charge in [-0.15, -0.1) is 11.3 Å². The highest BCUT2D eigenvalue weighted by Crippen LogP contribution is 2.26. The molecule has 1 aliphatic heterocycles. The van der Waals surface area contributed by atoms with Crippen LogP contribution in [-0.2, 0) is 17.8 Å². The maximum Gasteiger partial charge on any atom is 0.224 e. The van der Waals surface area contributed by atoms with E-state index in [1.807, 2.05) is 30.3 Å². The molecule has 2 aromatic carbocycles. The third-order valence-corrected chi connectivity index (χ3v) is 5.14. The number of aryl methyl sites for hydroxylation is 1. The Hall–Kier alpha value is -2.66. The van der Waals surface area contributed by atoms with E-state index in [1.54, 1.807) is 11.3 Å². The van der Waals surface area contributed by atoms with Crippen molar-refractivity contribution < 1.29 is 4.79 Å². The second-order valence-corrected chi connectivity index (χ2v) is 7.06. The molecule has 0 saturated heterocycles. The van der Waals surface area contributed by atoms with E-state index in [0.29, 0.717) is 13.0 Å². The summed E-state index contributed by atoms with van der Waals surface area (Å²) in [5.74, 6) is 0.107. The van der Waals surface area contributed by atoms with E-state index in [4.69, 9.17) is 4.98 Å². The summed E-state index contributed by atoms with van der Waals surface area (Å²) < 4.78 is 0. The molecule has 4 nitrogen and oxygen atoms in total. The third-order valence-electron chi connectivity index (χ3n) is 4.29. The summed E-state index contributed by atoms with van der Waals surface area (Å²) >= 11 is 1.67. The van der Waals surface area contributed by atoms with Crippen LogP contribution in [0.5, 0.6) is 0 Å². The standard InChI is InChI=1S/C20H19N3OS/c24-19-8-4-7-15-11-16(9-10-17(15)22-19)21-12-20-23-18(13-25-20)14-5-2-1-3-6-14/h1-3,5-6,9-11,13,21H,4,7-8,12H2,(H,22,24). The van der Waals surface area contributed by atoms with E-state index in [0.717, 1.165) is 40.5 Å². The second kappa shape index (κ2) is 7.07. The number of hydrogen-bond acceptors (Lipinski definition) is 4. The van der Waals surface area contributed by atoms with Crippen molar-refractivity contribution in [3.63, 3.8) is 0 Å². The monoisotopic (exact) mass is 349 g/mol. The van der Waals surface area contributed by atoms with Crippen LogP contribution in [0.15, 0.2) is 53.9 Å². The predicted octanol–water partition coefficient (Wildman–Crippen LogP) is 4.70. The molecular weight excluding hydrogens is 330 g/mol. The van der Waals surface area contributed by atoms with Gasteiger partial charge >= 0.3 is 0 Å². The SMILES string of the molecule is O=C1CCCc2cc(NCc3nc(-c4ccccc4)cs3)ccc2N1. The fourth-order valence-electron chi connectivity index (χ4n) is 3.00. The number of carbonyl (C=O) groups is 1. The Morgan fingerprint density at radius 2 is 2.00 bits per heavy atom. The smallest absolute Gasteiger partial charge is 0.224 e. The zero-order valence-corrected chi connectivity index (χ0v) is 14.6. The Kier molecular flexibility index (Phi) is 4.48. The third kappa shape index (κ3) is 3.72. The van der Waals surface area contributed by atoms with Crippen LogP contribution in [0, 0.1) is 0 Å². The highest BCUT2D eigenvalue weighted by Gasteiger charge is 2.13. The van der Waals surface area contributed by atoms with Crippen molar-refractivity contribution in [1.82, 2.24) is 4.98 Å². The van der Waals surface area contributed by atoms with Gasteiger partial charge in [0.05, 0.1) is 12.2 Å². The maximum atomic E-state index is 11.6. The summed E-state index contributed by atoms with van der Waals surface area (Å²) in [6.45, 7) is 0.697. The molecule has 0 saturated carbocycles. The molecule has 0 unspecified atom stereocenters. The molecule has 2 N–H and O–H groups in total. The van der Waals surface area contributed by atoms with Crippen molar-refractivity contribution in [3.05, 3.63) is 64.5 Å². The minimum atomic E-state index is 0.107. The Bertz CT molecular complexity index is 889. The zero-order valence-electron chi connectivity index (χ0n) is 13.8. The number of rotatable bonds is 4. The van der Waals surface area contributed by atoms with E-state index in [9.17, 15) is 4.79 Å². The summed E-state index contributed by atoms with van der Waals surface area (Å²) in [5, 5.41) is 9.56. The number of nitrogens with zero attached hydrogens (tertiary/aromatic N) is 1. The van der Waals surface area contributed by atoms with E-state index in [-0.39, 0.29) is 5.91 Å². The zero-order chi connectivity index (χ0) is 17.1. The maximum absolute atomic E-state index is 11.6. The topological polar surface area (TPSA) is 54.0 Å². The summed E-state index contributed by atoms with van der Waals surface area (Å²) in [6, 6.07) is 16.3. The molecule has 4 rings (SSSR count). The molecule has 0 atom stereocenters. The minimum absolute atomic E-state index is 0.107. The normalized spacial score (nSPS) is 13.7. The Labute approximate surface area is 150 Å². The molecule has 3 aromatic rings. The predicted molar refractivity (Wildman–Crippen MR) is 103 cm³/mol. The molecule has 126 valence electrons. The van der Waals surface area contributed by atoms with Crippen molar-refractivity contribution in [1.29, 1.82) is 0 Å². The van der Waals surface area contributed by atoms with Crippen LogP contribution in [0.3, 0.4) is 0 Å². The van der Waals surface area contributed by atoms with Gasteiger partial charge in [0.15, 0.2) is 0 Å². The van der Waals surface area contributed by atoms with Crippen LogP contribution in [0.1, 0.15) is 23.4 Å². The van der Waals surface area contributed by atoms with Gasteiger partial charge in [0, 0.05) is 28.7 Å². The first-order valence-corrected chi connectivity index (χ1v) is 9.32. The van der Waals surface area contributed by atoms with E-state index >= 15 is 0 Å². The largest absolute Gasteiger partial charge is 0.379 e. The first-order valence-electron chi connectivity index (χ1n) is 8.44. The molecule has 0 aliphatic carbocycles. The lowest BCUT2D eigenvalue weighted by atomic mass is 10.1. The number of amides is 1. The fourth-order valence-corrected chi connectivity index (χ4v) is 3.74. The van der Waals surface area contributed by atoms with Gasteiger partial charge in [0.25, 0.3) is 0 Å². The van der Waals surface area contributed by atoms with Crippen LogP contribution < -0.4 is 10.6 Å². The second-order valence-electron chi connectivity index (χ2n) is 6.12. The molecule has 0 fully saturated rings. The van der Waals surface area contributed by atoms with Crippen LogP contribution in [0.4, 0.5) is 11.4 Å². The highest BCUT2D eigenvalue weighted by atomic mass is 32.1. The van der Waals surface area contributed by atoms with E-state index < -0.39 is 0 Å². The Morgan fingerprint density at radius 3 is 2.88 bits per heavy atom. The van der Waals surface area contributed by atoms with Gasteiger partial charge in [-0.05, 0) is 36.6 Å². The number of thiazole rings is 1. The van der Waals surface area contributed by atoms with Gasteiger partial charge in [-0.25, -0.2) is 4.98 Å². The molecule has 1 aliphatic rings. The van der Waals surface area contributed by atoms with Gasteiger partial charge in [-0.1, -0.05) is 30.3 Å². The van der Waals surface area contributed by atoms with Crippen molar-refractivity contribution in [2.24, 2.45) is 0 Å². The number of carbonyl (C=O) groups excluding carboxylic acids is 1. The van der Waals surface area contributed by atoms with Crippen LogP contribution in [-0.4, -0.2) is 10.9 Å². The first kappa shape index (κ1) is 15.8. The first-order chi connectivity index (χ1) is 12.3. The van der Waals surface area contributed by atoms with Crippen molar-refractivity contribution >= 4 is 28.6 Å². The lowest BCUT2D eigenvalue weighted by Gasteiger charge is -2.10. The average Bonchev–Trinajstić information content (AvgIpc) is 3.03. The molecule has 2 heterocycles. The molecule has 0 bridgehead atoms. The van der Waals surface area contributed by atoms with Crippen molar-refractivity contribution in [3.8, 4) is 11.3 Å². The average molecular weight is 349 g/mol. The molecule has 5 heteroatoms. The number of fused-ring (bicyclic) bond motifs is 1. The number of nitrogens with one attached hydrogen (secondary N) is 2. The Morgan fingerprint density at radius 1 is 1.12 bits per heavy atom. The van der Waals surface area contributed by atoms with Gasteiger partial charge in [0.1, 0.15) is 5.01 Å². The molecule has 0 radical (unpaired) electrons. The van der Waals surface area contributed by atoms with Gasteiger partial charge in [0.2, 0.25) is 5.91 Å². The van der Waals surface area contributed by atoms with Gasteiger partial charge < -0.3 is 10.6 Å². The fraction of sp³-hybridized carbons (Fsp3) is 0.200. The highest BCUT2D eigenvalue weighted by molar-refractivity contribution is 7.09. The van der Waals surface area contributed by atoms with E-state index in [2.05, 4.69) is 34.2 Å². The van der Waals surface area contributed by atoms with Crippen LogP contribution in [0.2, 0.25) is 0 Å². The quantitative estimate of drug-likeness (QED) is 0.718.